The molecule has 0 saturated heterocycles. The van der Waals surface area contributed by atoms with E-state index in [0.29, 0.717) is 25.3 Å². The van der Waals surface area contributed by atoms with Gasteiger partial charge >= 0.3 is 0 Å². The first-order chi connectivity index (χ1) is 14.0. The second-order valence-corrected chi connectivity index (χ2v) is 7.83. The molecule has 2 amide bonds. The molecule has 1 aliphatic rings. The number of halogens is 1. The van der Waals surface area contributed by atoms with E-state index in [9.17, 15) is 14.0 Å². The van der Waals surface area contributed by atoms with E-state index in [1.807, 2.05) is 11.4 Å². The van der Waals surface area contributed by atoms with Crippen LogP contribution in [-0.4, -0.2) is 47.9 Å². The van der Waals surface area contributed by atoms with Crippen LogP contribution in [0.15, 0.2) is 48.4 Å². The second-order valence-electron chi connectivity index (χ2n) is 6.83. The molecule has 29 heavy (non-hydrogen) atoms. The average Bonchev–Trinajstić information content (AvgIpc) is 3.21. The van der Waals surface area contributed by atoms with Crippen molar-refractivity contribution in [2.24, 2.45) is 0 Å². The molecule has 0 radical (unpaired) electrons. The van der Waals surface area contributed by atoms with Crippen LogP contribution in [0.25, 0.3) is 0 Å². The van der Waals surface area contributed by atoms with Crippen molar-refractivity contribution in [1.29, 1.82) is 0 Å². The van der Waals surface area contributed by atoms with E-state index in [0.717, 1.165) is 12.0 Å². The molecule has 0 spiro atoms. The van der Waals surface area contributed by atoms with Crippen molar-refractivity contribution in [2.45, 2.75) is 25.8 Å². The minimum Gasteiger partial charge on any atom is -0.491 e. The molecule has 0 N–H and O–H groups in total. The van der Waals surface area contributed by atoms with Gasteiger partial charge in [0.05, 0.1) is 6.04 Å². The highest BCUT2D eigenvalue weighted by Gasteiger charge is 2.33. The Kier molecular flexibility index (Phi) is 7.04. The maximum atomic E-state index is 13.1. The van der Waals surface area contributed by atoms with Gasteiger partial charge in [-0.2, -0.15) is 0 Å². The molecule has 154 valence electrons. The fourth-order valence-corrected chi connectivity index (χ4v) is 4.40. The maximum Gasteiger partial charge on any atom is 0.242 e. The summed E-state index contributed by atoms with van der Waals surface area (Å²) < 4.78 is 19.0. The van der Waals surface area contributed by atoms with Gasteiger partial charge in [0.15, 0.2) is 0 Å². The minimum atomic E-state index is -0.324. The van der Waals surface area contributed by atoms with Gasteiger partial charge in [0.1, 0.15) is 24.7 Å². The summed E-state index contributed by atoms with van der Waals surface area (Å²) in [6.07, 6.45) is 2.75. The predicted octanol–water partition coefficient (Wildman–Crippen LogP) is 3.82. The molecular formula is C22H25FN2O3S. The van der Waals surface area contributed by atoms with Crippen molar-refractivity contribution in [2.75, 3.05) is 26.2 Å². The van der Waals surface area contributed by atoms with Gasteiger partial charge in [0.2, 0.25) is 11.8 Å². The number of hydrogen-bond acceptors (Lipinski definition) is 4. The summed E-state index contributed by atoms with van der Waals surface area (Å²) in [7, 11) is 0. The number of hydrogen-bond donors (Lipinski definition) is 0. The number of rotatable bonds is 8. The molecule has 2 heterocycles. The molecular weight excluding hydrogens is 391 g/mol. The highest BCUT2D eigenvalue weighted by Crippen LogP contribution is 2.34. The fraction of sp³-hybridized carbons (Fsp3) is 0.364. The van der Waals surface area contributed by atoms with Crippen LogP contribution >= 0.6 is 11.3 Å². The molecule has 1 unspecified atom stereocenters. The molecule has 1 aliphatic heterocycles. The summed E-state index contributed by atoms with van der Waals surface area (Å²) in [5.74, 6) is 0.0363. The van der Waals surface area contributed by atoms with Crippen LogP contribution in [0, 0.1) is 5.82 Å². The number of nitrogens with zero attached hydrogens (tertiary/aromatic N) is 2. The van der Waals surface area contributed by atoms with Crippen molar-refractivity contribution in [3.63, 3.8) is 0 Å². The predicted molar refractivity (Wildman–Crippen MR) is 111 cm³/mol. The Bertz CT molecular complexity index is 865. The maximum absolute atomic E-state index is 13.1. The molecule has 7 heteroatoms. The molecule has 0 bridgehead atoms. The third-order valence-electron chi connectivity index (χ3n) is 4.97. The topological polar surface area (TPSA) is 49.9 Å². The summed E-state index contributed by atoms with van der Waals surface area (Å²) in [6.45, 7) is 6.66. The van der Waals surface area contributed by atoms with Gasteiger partial charge in [-0.1, -0.05) is 13.0 Å². The Morgan fingerprint density at radius 3 is 2.79 bits per heavy atom. The zero-order chi connectivity index (χ0) is 20.8. The van der Waals surface area contributed by atoms with Gasteiger partial charge in [-0.3, -0.25) is 9.59 Å². The van der Waals surface area contributed by atoms with Crippen LogP contribution < -0.4 is 4.74 Å². The normalized spacial score (nSPS) is 15.5. The third-order valence-corrected chi connectivity index (χ3v) is 5.96. The molecule has 1 aromatic carbocycles. The van der Waals surface area contributed by atoms with E-state index in [1.165, 1.54) is 21.9 Å². The highest BCUT2D eigenvalue weighted by atomic mass is 32.1. The number of benzene rings is 1. The van der Waals surface area contributed by atoms with Crippen molar-refractivity contribution in [3.05, 3.63) is 64.6 Å². The van der Waals surface area contributed by atoms with Gasteiger partial charge in [-0.25, -0.2) is 4.39 Å². The van der Waals surface area contributed by atoms with E-state index in [-0.39, 0.29) is 36.8 Å². The number of carbonyl (C=O) groups excluding carboxylic acids is 2. The van der Waals surface area contributed by atoms with Crippen molar-refractivity contribution < 1.29 is 18.7 Å². The molecule has 2 aromatic rings. The lowest BCUT2D eigenvalue weighted by molar-refractivity contribution is -0.142. The number of ether oxygens (including phenoxy) is 1. The van der Waals surface area contributed by atoms with Crippen LogP contribution in [0.2, 0.25) is 0 Å². The van der Waals surface area contributed by atoms with Gasteiger partial charge in [0.25, 0.3) is 0 Å². The van der Waals surface area contributed by atoms with Crippen LogP contribution in [0.5, 0.6) is 5.75 Å². The van der Waals surface area contributed by atoms with Gasteiger partial charge in [-0.15, -0.1) is 17.9 Å². The molecule has 5 nitrogen and oxygen atoms in total. The second kappa shape index (κ2) is 9.69. The zero-order valence-electron chi connectivity index (χ0n) is 16.5. The SMILES string of the molecule is C=CCN(CC(=O)N1CCc2sccc2C1COc1ccc(F)cc1)C(=O)CC. The Hall–Kier alpha value is -2.67. The first kappa shape index (κ1) is 21.0. The van der Waals surface area contributed by atoms with Crippen molar-refractivity contribution in [3.8, 4) is 5.75 Å². The monoisotopic (exact) mass is 416 g/mol. The van der Waals surface area contributed by atoms with E-state index < -0.39 is 0 Å². The molecule has 1 aromatic heterocycles. The molecule has 0 saturated carbocycles. The molecule has 0 aliphatic carbocycles. The Morgan fingerprint density at radius 1 is 1.34 bits per heavy atom. The minimum absolute atomic E-state index is 0.0191. The molecule has 1 atom stereocenters. The lowest BCUT2D eigenvalue weighted by atomic mass is 10.0. The highest BCUT2D eigenvalue weighted by molar-refractivity contribution is 7.10. The van der Waals surface area contributed by atoms with Crippen LogP contribution in [0.1, 0.15) is 29.8 Å². The number of thiophene rings is 1. The first-order valence-corrected chi connectivity index (χ1v) is 10.5. The van der Waals surface area contributed by atoms with E-state index in [1.54, 1.807) is 41.4 Å². The van der Waals surface area contributed by atoms with E-state index in [4.69, 9.17) is 4.74 Å². The summed E-state index contributed by atoms with van der Waals surface area (Å²) >= 11 is 1.68. The average molecular weight is 417 g/mol. The number of carbonyl (C=O) groups is 2. The molecule has 0 fully saturated rings. The Morgan fingerprint density at radius 2 is 2.10 bits per heavy atom. The Labute approximate surface area is 174 Å². The van der Waals surface area contributed by atoms with Crippen molar-refractivity contribution in [1.82, 2.24) is 9.80 Å². The lowest BCUT2D eigenvalue weighted by Crippen LogP contribution is -2.47. The standard InChI is InChI=1S/C22H25FN2O3S/c1-3-11-24(21(26)4-2)14-22(27)25-12-9-20-18(10-13-29-20)19(25)15-28-17-7-5-16(23)6-8-17/h3,5-8,10,13,19H,1,4,9,11-12,14-15H2,2H3. The fourth-order valence-electron chi connectivity index (χ4n) is 3.47. The summed E-state index contributed by atoms with van der Waals surface area (Å²) in [5, 5.41) is 2.02. The summed E-state index contributed by atoms with van der Waals surface area (Å²) in [6, 6.07) is 7.62. The quantitative estimate of drug-likeness (QED) is 0.615. The van der Waals surface area contributed by atoms with E-state index >= 15 is 0 Å². The third kappa shape index (κ3) is 5.03. The van der Waals surface area contributed by atoms with Crippen LogP contribution in [0.4, 0.5) is 4.39 Å². The van der Waals surface area contributed by atoms with E-state index in [2.05, 4.69) is 6.58 Å². The summed E-state index contributed by atoms with van der Waals surface area (Å²) in [4.78, 5) is 29.8. The zero-order valence-corrected chi connectivity index (χ0v) is 17.3. The van der Waals surface area contributed by atoms with Crippen molar-refractivity contribution >= 4 is 23.2 Å². The largest absolute Gasteiger partial charge is 0.491 e. The van der Waals surface area contributed by atoms with Gasteiger partial charge in [0, 0.05) is 24.4 Å². The van der Waals surface area contributed by atoms with Gasteiger partial charge in [-0.05, 0) is 47.7 Å². The first-order valence-electron chi connectivity index (χ1n) is 9.66. The summed E-state index contributed by atoms with van der Waals surface area (Å²) in [5.41, 5.74) is 1.08. The molecule has 3 rings (SSSR count). The van der Waals surface area contributed by atoms with Crippen LogP contribution in [-0.2, 0) is 16.0 Å². The smallest absolute Gasteiger partial charge is 0.242 e. The van der Waals surface area contributed by atoms with Crippen LogP contribution in [0.3, 0.4) is 0 Å². The Balaban J connectivity index is 1.76. The van der Waals surface area contributed by atoms with Gasteiger partial charge < -0.3 is 14.5 Å². The number of amides is 2. The lowest BCUT2D eigenvalue weighted by Gasteiger charge is -2.37. The number of fused-ring (bicyclic) bond motifs is 1.